The Labute approximate surface area is 97.0 Å². The fourth-order valence-corrected chi connectivity index (χ4v) is 2.03. The fourth-order valence-electron chi connectivity index (χ4n) is 2.03. The Balaban J connectivity index is 1.60. The van der Waals surface area contributed by atoms with E-state index in [1.807, 2.05) is 6.20 Å². The van der Waals surface area contributed by atoms with Crippen molar-refractivity contribution in [2.24, 2.45) is 0 Å². The maximum absolute atomic E-state index is 5.52. The first-order chi connectivity index (χ1) is 7.88. The Morgan fingerprint density at radius 2 is 2.25 bits per heavy atom. The van der Waals surface area contributed by atoms with Crippen molar-refractivity contribution in [2.45, 2.75) is 32.7 Å². The molecule has 0 bridgehead atoms. The minimum absolute atomic E-state index is 0.744. The molecule has 1 saturated heterocycles. The van der Waals surface area contributed by atoms with Crippen molar-refractivity contribution < 1.29 is 4.42 Å². The van der Waals surface area contributed by atoms with Crippen LogP contribution in [-0.2, 0) is 13.0 Å². The molecule has 1 aliphatic heterocycles. The third kappa shape index (κ3) is 3.32. The molecule has 4 nitrogen and oxygen atoms in total. The molecule has 0 saturated carbocycles. The largest absolute Gasteiger partial charge is 0.444 e. The highest BCUT2D eigenvalue weighted by Gasteiger charge is 2.10. The summed E-state index contributed by atoms with van der Waals surface area (Å²) in [5.74, 6) is 1.77. The van der Waals surface area contributed by atoms with E-state index in [1.54, 1.807) is 0 Å². The summed E-state index contributed by atoms with van der Waals surface area (Å²) in [5, 5.41) is 3.37. The molecule has 2 heterocycles. The van der Waals surface area contributed by atoms with Gasteiger partial charge in [-0.3, -0.25) is 0 Å². The molecule has 16 heavy (non-hydrogen) atoms. The molecule has 1 aliphatic rings. The van der Waals surface area contributed by atoms with Gasteiger partial charge >= 0.3 is 0 Å². The number of nitrogens with zero attached hydrogens (tertiary/aromatic N) is 2. The molecule has 2 rings (SSSR count). The molecular formula is C12H21N3O. The van der Waals surface area contributed by atoms with Crippen molar-refractivity contribution in [1.29, 1.82) is 0 Å². The van der Waals surface area contributed by atoms with Gasteiger partial charge in [0.2, 0.25) is 5.89 Å². The summed E-state index contributed by atoms with van der Waals surface area (Å²) >= 11 is 0. The Morgan fingerprint density at radius 1 is 1.44 bits per heavy atom. The monoisotopic (exact) mass is 223 g/mol. The van der Waals surface area contributed by atoms with Crippen LogP contribution in [-0.4, -0.2) is 36.1 Å². The number of rotatable bonds is 6. The predicted molar refractivity (Wildman–Crippen MR) is 63.3 cm³/mol. The molecule has 0 aliphatic carbocycles. The molecule has 1 N–H and O–H groups in total. The standard InChI is InChI=1S/C12H21N3O/c1-2-11-9-14-12(16-11)10-13-5-8-15-6-3-4-7-15/h9,13H,2-8,10H2,1H3. The van der Waals surface area contributed by atoms with Gasteiger partial charge in [-0.1, -0.05) is 6.92 Å². The average molecular weight is 223 g/mol. The van der Waals surface area contributed by atoms with Gasteiger partial charge in [-0.15, -0.1) is 0 Å². The van der Waals surface area contributed by atoms with Crippen molar-refractivity contribution in [2.75, 3.05) is 26.2 Å². The molecule has 1 fully saturated rings. The minimum atomic E-state index is 0.744. The van der Waals surface area contributed by atoms with Crippen LogP contribution < -0.4 is 5.32 Å². The Morgan fingerprint density at radius 3 is 2.94 bits per heavy atom. The molecule has 4 heteroatoms. The minimum Gasteiger partial charge on any atom is -0.444 e. The van der Waals surface area contributed by atoms with Crippen molar-refractivity contribution in [3.63, 3.8) is 0 Å². The van der Waals surface area contributed by atoms with Gasteiger partial charge in [-0.2, -0.15) is 0 Å². The van der Waals surface area contributed by atoms with Crippen molar-refractivity contribution >= 4 is 0 Å². The highest BCUT2D eigenvalue weighted by molar-refractivity contribution is 4.93. The Bertz CT molecular complexity index is 305. The van der Waals surface area contributed by atoms with Crippen molar-refractivity contribution in [3.8, 4) is 0 Å². The summed E-state index contributed by atoms with van der Waals surface area (Å²) in [6, 6.07) is 0. The van der Waals surface area contributed by atoms with Gasteiger partial charge in [0.05, 0.1) is 12.7 Å². The maximum atomic E-state index is 5.52. The lowest BCUT2D eigenvalue weighted by Gasteiger charge is -2.13. The third-order valence-electron chi connectivity index (χ3n) is 3.03. The summed E-state index contributed by atoms with van der Waals surface area (Å²) in [6.45, 7) is 7.51. The van der Waals surface area contributed by atoms with Crippen LogP contribution in [0, 0.1) is 0 Å². The summed E-state index contributed by atoms with van der Waals surface area (Å²) in [4.78, 5) is 6.71. The number of nitrogens with one attached hydrogen (secondary N) is 1. The zero-order chi connectivity index (χ0) is 11.2. The second-order valence-corrected chi connectivity index (χ2v) is 4.30. The van der Waals surface area contributed by atoms with Gasteiger partial charge < -0.3 is 14.6 Å². The van der Waals surface area contributed by atoms with Gasteiger partial charge in [0.1, 0.15) is 5.76 Å². The Hall–Kier alpha value is -0.870. The number of hydrogen-bond acceptors (Lipinski definition) is 4. The first-order valence-electron chi connectivity index (χ1n) is 6.25. The van der Waals surface area contributed by atoms with E-state index in [0.29, 0.717) is 0 Å². The van der Waals surface area contributed by atoms with Gasteiger partial charge in [-0.25, -0.2) is 4.98 Å². The summed E-state index contributed by atoms with van der Waals surface area (Å²) in [5.41, 5.74) is 0. The predicted octanol–water partition coefficient (Wildman–Crippen LogP) is 1.42. The molecule has 0 spiro atoms. The van der Waals surface area contributed by atoms with E-state index in [0.717, 1.165) is 37.7 Å². The van der Waals surface area contributed by atoms with E-state index in [9.17, 15) is 0 Å². The highest BCUT2D eigenvalue weighted by atomic mass is 16.4. The highest BCUT2D eigenvalue weighted by Crippen LogP contribution is 2.06. The second kappa shape index (κ2) is 6.01. The lowest BCUT2D eigenvalue weighted by Crippen LogP contribution is -2.29. The summed E-state index contributed by atoms with van der Waals surface area (Å²) in [7, 11) is 0. The lowest BCUT2D eigenvalue weighted by molar-refractivity contribution is 0.331. The lowest BCUT2D eigenvalue weighted by atomic mass is 10.4. The normalized spacial score (nSPS) is 17.1. The maximum Gasteiger partial charge on any atom is 0.208 e. The average Bonchev–Trinajstić information content (AvgIpc) is 2.95. The van der Waals surface area contributed by atoms with Crippen LogP contribution >= 0.6 is 0 Å². The van der Waals surface area contributed by atoms with E-state index >= 15 is 0 Å². The van der Waals surface area contributed by atoms with Crippen LogP contribution in [0.3, 0.4) is 0 Å². The fraction of sp³-hybridized carbons (Fsp3) is 0.750. The number of hydrogen-bond donors (Lipinski definition) is 1. The first-order valence-corrected chi connectivity index (χ1v) is 6.25. The van der Waals surface area contributed by atoms with Crippen LogP contribution in [0.1, 0.15) is 31.4 Å². The summed E-state index contributed by atoms with van der Waals surface area (Å²) in [6.07, 6.45) is 5.46. The zero-order valence-corrected chi connectivity index (χ0v) is 10.0. The van der Waals surface area contributed by atoms with Gasteiger partial charge in [0, 0.05) is 19.5 Å². The molecule has 90 valence electrons. The molecular weight excluding hydrogens is 202 g/mol. The number of aromatic nitrogens is 1. The van der Waals surface area contributed by atoms with Gasteiger partial charge in [-0.05, 0) is 25.9 Å². The van der Waals surface area contributed by atoms with Gasteiger partial charge in [0.15, 0.2) is 0 Å². The number of oxazole rings is 1. The molecule has 0 aromatic carbocycles. The molecule has 1 aromatic heterocycles. The third-order valence-corrected chi connectivity index (χ3v) is 3.03. The van der Waals surface area contributed by atoms with Crippen LogP contribution in [0.15, 0.2) is 10.6 Å². The van der Waals surface area contributed by atoms with E-state index < -0.39 is 0 Å². The molecule has 0 amide bonds. The SMILES string of the molecule is CCc1cnc(CNCCN2CCCC2)o1. The van der Waals surface area contributed by atoms with E-state index in [2.05, 4.69) is 22.1 Å². The smallest absolute Gasteiger partial charge is 0.208 e. The van der Waals surface area contributed by atoms with E-state index in [1.165, 1.54) is 25.9 Å². The summed E-state index contributed by atoms with van der Waals surface area (Å²) < 4.78 is 5.52. The molecule has 0 radical (unpaired) electrons. The van der Waals surface area contributed by atoms with Crippen LogP contribution in [0.5, 0.6) is 0 Å². The van der Waals surface area contributed by atoms with Crippen LogP contribution in [0.2, 0.25) is 0 Å². The van der Waals surface area contributed by atoms with Gasteiger partial charge in [0.25, 0.3) is 0 Å². The second-order valence-electron chi connectivity index (χ2n) is 4.30. The van der Waals surface area contributed by atoms with E-state index in [-0.39, 0.29) is 0 Å². The van der Waals surface area contributed by atoms with Crippen molar-refractivity contribution in [3.05, 3.63) is 17.8 Å². The first kappa shape index (κ1) is 11.6. The van der Waals surface area contributed by atoms with E-state index in [4.69, 9.17) is 4.42 Å². The van der Waals surface area contributed by atoms with Crippen LogP contribution in [0.25, 0.3) is 0 Å². The topological polar surface area (TPSA) is 41.3 Å². The molecule has 0 atom stereocenters. The molecule has 1 aromatic rings. The quantitative estimate of drug-likeness (QED) is 0.741. The zero-order valence-electron chi connectivity index (χ0n) is 10.0. The number of aryl methyl sites for hydroxylation is 1. The number of likely N-dealkylation sites (tertiary alicyclic amines) is 1. The van der Waals surface area contributed by atoms with Crippen LogP contribution in [0.4, 0.5) is 0 Å². The van der Waals surface area contributed by atoms with Crippen molar-refractivity contribution in [1.82, 2.24) is 15.2 Å². The Kier molecular flexibility index (Phi) is 4.36. The molecule has 0 unspecified atom stereocenters.